The van der Waals surface area contributed by atoms with Crippen LogP contribution in [0.25, 0.3) is 11.1 Å². The van der Waals surface area contributed by atoms with E-state index < -0.39 is 33.5 Å². The number of carbonyl (C=O) groups is 2. The molecule has 0 unspecified atom stereocenters. The van der Waals surface area contributed by atoms with Gasteiger partial charge >= 0.3 is 5.97 Å². The van der Waals surface area contributed by atoms with Gasteiger partial charge in [-0.15, -0.1) is 0 Å². The number of nitrogens with zero attached hydrogens (tertiary/aromatic N) is 6. The summed E-state index contributed by atoms with van der Waals surface area (Å²) in [7, 11) is -3.04. The second-order valence-corrected chi connectivity index (χ2v) is 12.9. The summed E-state index contributed by atoms with van der Waals surface area (Å²) in [6.45, 7) is 1.80. The molecule has 42 heavy (non-hydrogen) atoms. The Morgan fingerprint density at radius 3 is 2.31 bits per heavy atom. The number of benzene rings is 2. The third-order valence-corrected chi connectivity index (χ3v) is 9.89. The highest BCUT2D eigenvalue weighted by Gasteiger charge is 2.54. The number of methoxy groups -OCH3 is 1. The van der Waals surface area contributed by atoms with Gasteiger partial charge in [-0.05, 0) is 42.7 Å². The second kappa shape index (κ2) is 10.5. The average Bonchev–Trinajstić information content (AvgIpc) is 3.46. The third kappa shape index (κ3) is 4.55. The molecule has 2 aliphatic heterocycles. The summed E-state index contributed by atoms with van der Waals surface area (Å²) in [5, 5.41) is 0.384. The predicted octanol–water partition coefficient (Wildman–Crippen LogP) is 4.22. The van der Waals surface area contributed by atoms with Crippen LogP contribution < -0.4 is 4.90 Å². The molecule has 2 aliphatic rings. The summed E-state index contributed by atoms with van der Waals surface area (Å²) in [5.41, 5.74) is 1.41. The van der Waals surface area contributed by atoms with Crippen molar-refractivity contribution in [2.24, 2.45) is 0 Å². The summed E-state index contributed by atoms with van der Waals surface area (Å²) >= 11 is 12.5. The zero-order chi connectivity index (χ0) is 29.8. The van der Waals surface area contributed by atoms with Gasteiger partial charge in [0.25, 0.3) is 15.9 Å². The summed E-state index contributed by atoms with van der Waals surface area (Å²) in [6, 6.07) is 11.2. The first-order chi connectivity index (χ1) is 20.0. The maximum Gasteiger partial charge on any atom is 0.324 e. The van der Waals surface area contributed by atoms with Crippen LogP contribution in [0.15, 0.2) is 72.4 Å². The summed E-state index contributed by atoms with van der Waals surface area (Å²) in [6.07, 6.45) is 6.52. The van der Waals surface area contributed by atoms with E-state index in [0.29, 0.717) is 22.2 Å². The number of anilines is 2. The fraction of sp³-hybridized carbons (Fsp3) is 0.250. The van der Waals surface area contributed by atoms with E-state index in [1.807, 2.05) is 24.3 Å². The standard InChI is InChI=1S/C28H24Cl2N6O5S/c1-28(12-17-3-5-18(6-4-17)19-13-31-16-32-14-19)26(38)35(22-10-20(29)9-21(30)11-22)27-33-15-24(36(27)28)42(39,40)34-8-7-23(34)25(37)41-2/h3-6,9-11,13-16,23H,7-8,12H2,1-2H3/t23-,28-/m1/s1. The lowest BCUT2D eigenvalue weighted by molar-refractivity contribution is -0.148. The van der Waals surface area contributed by atoms with Crippen LogP contribution in [-0.4, -0.2) is 63.8 Å². The van der Waals surface area contributed by atoms with Crippen molar-refractivity contribution in [3.63, 3.8) is 0 Å². The maximum atomic E-state index is 14.3. The first-order valence-electron chi connectivity index (χ1n) is 12.9. The van der Waals surface area contributed by atoms with E-state index in [1.54, 1.807) is 31.5 Å². The Morgan fingerprint density at radius 2 is 1.71 bits per heavy atom. The van der Waals surface area contributed by atoms with E-state index in [0.717, 1.165) is 21.0 Å². The fourth-order valence-corrected chi connectivity index (χ4v) is 7.74. The van der Waals surface area contributed by atoms with Crippen LogP contribution in [0.5, 0.6) is 0 Å². The normalized spacial score (nSPS) is 20.3. The molecule has 0 aliphatic carbocycles. The van der Waals surface area contributed by atoms with E-state index in [9.17, 15) is 18.0 Å². The smallest absolute Gasteiger partial charge is 0.324 e. The summed E-state index contributed by atoms with van der Waals surface area (Å²) in [4.78, 5) is 40.4. The lowest BCUT2D eigenvalue weighted by Crippen LogP contribution is -2.56. The highest BCUT2D eigenvalue weighted by Crippen LogP contribution is 2.45. The van der Waals surface area contributed by atoms with Gasteiger partial charge in [0.1, 0.15) is 17.9 Å². The molecule has 2 aromatic carbocycles. The van der Waals surface area contributed by atoms with Crippen molar-refractivity contribution in [2.75, 3.05) is 18.6 Å². The van der Waals surface area contributed by atoms with E-state index in [1.165, 1.54) is 35.2 Å². The number of carbonyl (C=O) groups excluding carboxylic acids is 2. The molecule has 14 heteroatoms. The molecule has 0 radical (unpaired) electrons. The third-order valence-electron chi connectivity index (χ3n) is 7.59. The molecule has 2 aromatic heterocycles. The van der Waals surface area contributed by atoms with Gasteiger partial charge in [0, 0.05) is 41.0 Å². The molecule has 0 spiro atoms. The molecule has 4 heterocycles. The lowest BCUT2D eigenvalue weighted by Gasteiger charge is -2.37. The van der Waals surface area contributed by atoms with Crippen molar-refractivity contribution in [2.45, 2.75) is 36.4 Å². The van der Waals surface area contributed by atoms with Gasteiger partial charge < -0.3 is 4.74 Å². The minimum Gasteiger partial charge on any atom is -0.468 e. The van der Waals surface area contributed by atoms with Gasteiger partial charge in [-0.3, -0.25) is 14.2 Å². The summed E-state index contributed by atoms with van der Waals surface area (Å²) in [5.74, 6) is -0.981. The van der Waals surface area contributed by atoms with Crippen LogP contribution >= 0.6 is 23.2 Å². The molecule has 2 atom stereocenters. The fourth-order valence-electron chi connectivity index (χ4n) is 5.42. The highest BCUT2D eigenvalue weighted by atomic mass is 35.5. The Morgan fingerprint density at radius 1 is 1.05 bits per heavy atom. The quantitative estimate of drug-likeness (QED) is 0.279. The summed E-state index contributed by atoms with van der Waals surface area (Å²) < 4.78 is 35.2. The van der Waals surface area contributed by atoms with Gasteiger partial charge in [0.2, 0.25) is 5.95 Å². The van der Waals surface area contributed by atoms with Crippen LogP contribution in [0.3, 0.4) is 0 Å². The molecular formula is C28H24Cl2N6O5S. The largest absolute Gasteiger partial charge is 0.468 e. The number of fused-ring (bicyclic) bond motifs is 1. The zero-order valence-electron chi connectivity index (χ0n) is 22.4. The van der Waals surface area contributed by atoms with Gasteiger partial charge in [0.15, 0.2) is 5.03 Å². The number of esters is 1. The molecule has 1 amide bonds. The number of rotatable bonds is 7. The topological polar surface area (TPSA) is 128 Å². The number of imidazole rings is 1. The Bertz CT molecular complexity index is 1800. The molecule has 4 aromatic rings. The second-order valence-electron chi connectivity index (χ2n) is 10.2. The molecule has 6 rings (SSSR count). The minimum absolute atomic E-state index is 0.0904. The van der Waals surface area contributed by atoms with Crippen LogP contribution in [-0.2, 0) is 36.3 Å². The predicted molar refractivity (Wildman–Crippen MR) is 155 cm³/mol. The van der Waals surface area contributed by atoms with Crippen molar-refractivity contribution < 1.29 is 22.7 Å². The highest BCUT2D eigenvalue weighted by molar-refractivity contribution is 7.89. The van der Waals surface area contributed by atoms with Gasteiger partial charge in [-0.2, -0.15) is 4.31 Å². The number of aromatic nitrogens is 4. The number of sulfonamides is 1. The Labute approximate surface area is 251 Å². The minimum atomic E-state index is -4.25. The Kier molecular flexibility index (Phi) is 7.04. The SMILES string of the molecule is COC(=O)[C@H]1CCN1S(=O)(=O)c1cnc2n1[C@](C)(Cc1ccc(-c3cncnc3)cc1)C(=O)N2c1cc(Cl)cc(Cl)c1. The Balaban J connectivity index is 1.45. The monoisotopic (exact) mass is 626 g/mol. The van der Waals surface area contributed by atoms with E-state index >= 15 is 0 Å². The van der Waals surface area contributed by atoms with Crippen LogP contribution in [0.1, 0.15) is 18.9 Å². The van der Waals surface area contributed by atoms with Gasteiger partial charge in [-0.1, -0.05) is 47.5 Å². The van der Waals surface area contributed by atoms with Crippen LogP contribution in [0, 0.1) is 0 Å². The molecule has 1 saturated heterocycles. The van der Waals surface area contributed by atoms with Crippen molar-refractivity contribution >= 4 is 56.7 Å². The Hall–Kier alpha value is -3.84. The van der Waals surface area contributed by atoms with E-state index in [-0.39, 0.29) is 23.9 Å². The maximum absolute atomic E-state index is 14.3. The van der Waals surface area contributed by atoms with Crippen molar-refractivity contribution in [1.82, 2.24) is 23.8 Å². The van der Waals surface area contributed by atoms with Crippen LogP contribution in [0.2, 0.25) is 10.0 Å². The van der Waals surface area contributed by atoms with E-state index in [2.05, 4.69) is 15.0 Å². The molecule has 0 saturated carbocycles. The van der Waals surface area contributed by atoms with Crippen LogP contribution in [0.4, 0.5) is 11.6 Å². The van der Waals surface area contributed by atoms with Crippen molar-refractivity contribution in [1.29, 1.82) is 0 Å². The number of ether oxygens (including phenoxy) is 1. The zero-order valence-corrected chi connectivity index (χ0v) is 24.8. The average molecular weight is 628 g/mol. The van der Waals surface area contributed by atoms with Crippen molar-refractivity contribution in [3.8, 4) is 11.1 Å². The number of amides is 1. The number of hydrogen-bond acceptors (Lipinski definition) is 8. The molecular weight excluding hydrogens is 603 g/mol. The molecule has 216 valence electrons. The first kappa shape index (κ1) is 28.3. The van der Waals surface area contributed by atoms with Crippen molar-refractivity contribution in [3.05, 3.63) is 83.0 Å². The van der Waals surface area contributed by atoms with Gasteiger partial charge in [-0.25, -0.2) is 28.3 Å². The first-order valence-corrected chi connectivity index (χ1v) is 15.1. The lowest BCUT2D eigenvalue weighted by atomic mass is 9.91. The molecule has 1 fully saturated rings. The van der Waals surface area contributed by atoms with E-state index in [4.69, 9.17) is 27.9 Å². The van der Waals surface area contributed by atoms with Gasteiger partial charge in [0.05, 0.1) is 19.0 Å². The molecule has 0 N–H and O–H groups in total. The number of halogens is 2. The number of hydrogen-bond donors (Lipinski definition) is 0. The molecule has 11 nitrogen and oxygen atoms in total. The molecule has 0 bridgehead atoms.